The summed E-state index contributed by atoms with van der Waals surface area (Å²) in [7, 11) is 1.74. The van der Waals surface area contributed by atoms with Crippen LogP contribution < -0.4 is 10.5 Å². The maximum Gasteiger partial charge on any atom is 0.127 e. The molecule has 0 saturated heterocycles. The molecule has 18 heavy (non-hydrogen) atoms. The lowest BCUT2D eigenvalue weighted by molar-refractivity contribution is 0.221. The minimum Gasteiger partial charge on any atom is -0.494 e. The van der Waals surface area contributed by atoms with Crippen molar-refractivity contribution in [3.8, 4) is 5.75 Å². The number of benzene rings is 1. The van der Waals surface area contributed by atoms with Crippen molar-refractivity contribution >= 4 is 5.82 Å². The zero-order valence-corrected chi connectivity index (χ0v) is 10.5. The number of hydrogen-bond donors (Lipinski definition) is 2. The van der Waals surface area contributed by atoms with Crippen LogP contribution in [0.5, 0.6) is 5.75 Å². The third-order valence-corrected chi connectivity index (χ3v) is 2.82. The summed E-state index contributed by atoms with van der Waals surface area (Å²) in [6.07, 6.45) is 0.811. The highest BCUT2D eigenvalue weighted by atomic mass is 16.5. The Balaban J connectivity index is 2.23. The van der Waals surface area contributed by atoms with Gasteiger partial charge in [-0.2, -0.15) is 5.10 Å². The van der Waals surface area contributed by atoms with Crippen molar-refractivity contribution in [1.29, 1.82) is 0 Å². The molecular weight excluding hydrogens is 230 g/mol. The summed E-state index contributed by atoms with van der Waals surface area (Å²) in [6.45, 7) is 2.55. The molecule has 2 rings (SSSR count). The summed E-state index contributed by atoms with van der Waals surface area (Å²) < 4.78 is 6.89. The van der Waals surface area contributed by atoms with Gasteiger partial charge in [-0.3, -0.25) is 4.68 Å². The van der Waals surface area contributed by atoms with Crippen molar-refractivity contribution in [3.05, 3.63) is 41.6 Å². The Bertz CT molecular complexity index is 520. The van der Waals surface area contributed by atoms with Gasteiger partial charge in [0.05, 0.1) is 12.8 Å². The molecule has 96 valence electrons. The van der Waals surface area contributed by atoms with E-state index in [1.807, 2.05) is 31.2 Å². The van der Waals surface area contributed by atoms with Crippen LogP contribution >= 0.6 is 0 Å². The lowest BCUT2D eigenvalue weighted by Gasteiger charge is -2.11. The smallest absolute Gasteiger partial charge is 0.127 e. The van der Waals surface area contributed by atoms with E-state index in [1.54, 1.807) is 13.2 Å². The SMILES string of the molecule is CCOc1ccc(C(O)c2cnn(C)c2N)cc1. The van der Waals surface area contributed by atoms with Crippen LogP contribution in [0.15, 0.2) is 30.5 Å². The second-order valence-corrected chi connectivity index (χ2v) is 4.01. The normalized spacial score (nSPS) is 12.4. The maximum atomic E-state index is 10.2. The molecule has 0 amide bonds. The van der Waals surface area contributed by atoms with E-state index in [1.165, 1.54) is 4.68 Å². The molecule has 0 aliphatic rings. The number of aryl methyl sites for hydroxylation is 1. The number of aromatic nitrogens is 2. The fourth-order valence-corrected chi connectivity index (χ4v) is 1.77. The molecule has 0 aliphatic heterocycles. The first kappa shape index (κ1) is 12.4. The van der Waals surface area contributed by atoms with Crippen molar-refractivity contribution in [2.45, 2.75) is 13.0 Å². The van der Waals surface area contributed by atoms with Gasteiger partial charge in [-0.1, -0.05) is 12.1 Å². The third kappa shape index (κ3) is 2.31. The lowest BCUT2D eigenvalue weighted by atomic mass is 10.0. The van der Waals surface area contributed by atoms with Crippen LogP contribution in [-0.2, 0) is 7.05 Å². The molecule has 1 aromatic heterocycles. The topological polar surface area (TPSA) is 73.3 Å². The number of aliphatic hydroxyl groups excluding tert-OH is 1. The van der Waals surface area contributed by atoms with Gasteiger partial charge in [0, 0.05) is 12.6 Å². The molecule has 5 heteroatoms. The summed E-state index contributed by atoms with van der Waals surface area (Å²) in [4.78, 5) is 0. The molecule has 1 aromatic carbocycles. The van der Waals surface area contributed by atoms with Crippen molar-refractivity contribution in [1.82, 2.24) is 9.78 Å². The Hall–Kier alpha value is -2.01. The van der Waals surface area contributed by atoms with Gasteiger partial charge in [0.1, 0.15) is 17.7 Å². The summed E-state index contributed by atoms with van der Waals surface area (Å²) in [6, 6.07) is 7.30. The minimum atomic E-state index is -0.769. The van der Waals surface area contributed by atoms with Gasteiger partial charge < -0.3 is 15.6 Å². The average Bonchev–Trinajstić information content (AvgIpc) is 2.71. The van der Waals surface area contributed by atoms with Crippen LogP contribution in [-0.4, -0.2) is 21.5 Å². The fourth-order valence-electron chi connectivity index (χ4n) is 1.77. The van der Waals surface area contributed by atoms with Gasteiger partial charge in [0.2, 0.25) is 0 Å². The fraction of sp³-hybridized carbons (Fsp3) is 0.308. The first-order valence-electron chi connectivity index (χ1n) is 5.81. The standard InChI is InChI=1S/C13H17N3O2/c1-3-18-10-6-4-9(5-7-10)12(17)11-8-15-16(2)13(11)14/h4-8,12,17H,3,14H2,1-2H3. The number of anilines is 1. The molecule has 5 nitrogen and oxygen atoms in total. The molecule has 1 unspecified atom stereocenters. The minimum absolute atomic E-state index is 0.469. The molecule has 0 spiro atoms. The number of hydrogen-bond acceptors (Lipinski definition) is 4. The average molecular weight is 247 g/mol. The van der Waals surface area contributed by atoms with Crippen LogP contribution in [0.3, 0.4) is 0 Å². The molecule has 0 aliphatic carbocycles. The van der Waals surface area contributed by atoms with Gasteiger partial charge in [0.25, 0.3) is 0 Å². The summed E-state index contributed by atoms with van der Waals surface area (Å²) >= 11 is 0. The predicted octanol–water partition coefficient (Wildman–Crippen LogP) is 1.48. The Kier molecular flexibility index (Phi) is 3.53. The quantitative estimate of drug-likeness (QED) is 0.858. The van der Waals surface area contributed by atoms with Gasteiger partial charge in [-0.05, 0) is 24.6 Å². The Morgan fingerprint density at radius 3 is 2.56 bits per heavy atom. The zero-order valence-electron chi connectivity index (χ0n) is 10.5. The zero-order chi connectivity index (χ0) is 13.1. The highest BCUT2D eigenvalue weighted by molar-refractivity contribution is 5.44. The highest BCUT2D eigenvalue weighted by Crippen LogP contribution is 2.27. The summed E-state index contributed by atoms with van der Waals surface area (Å²) in [5.74, 6) is 1.25. The van der Waals surface area contributed by atoms with Crippen molar-refractivity contribution in [3.63, 3.8) is 0 Å². The number of aliphatic hydroxyl groups is 1. The van der Waals surface area contributed by atoms with E-state index in [2.05, 4.69) is 5.10 Å². The monoisotopic (exact) mass is 247 g/mol. The second kappa shape index (κ2) is 5.10. The molecule has 0 radical (unpaired) electrons. The number of rotatable bonds is 4. The van der Waals surface area contributed by atoms with E-state index in [9.17, 15) is 5.11 Å². The molecule has 3 N–H and O–H groups in total. The van der Waals surface area contributed by atoms with Crippen molar-refractivity contribution < 1.29 is 9.84 Å². The van der Waals surface area contributed by atoms with Gasteiger partial charge in [0.15, 0.2) is 0 Å². The van der Waals surface area contributed by atoms with Crippen molar-refractivity contribution in [2.75, 3.05) is 12.3 Å². The number of nitrogens with two attached hydrogens (primary N) is 1. The Morgan fingerprint density at radius 2 is 2.06 bits per heavy atom. The van der Waals surface area contributed by atoms with E-state index in [0.717, 1.165) is 11.3 Å². The first-order chi connectivity index (χ1) is 8.63. The molecule has 1 atom stereocenters. The van der Waals surface area contributed by atoms with E-state index in [4.69, 9.17) is 10.5 Å². The summed E-state index contributed by atoms with van der Waals surface area (Å²) in [5, 5.41) is 14.2. The van der Waals surface area contributed by atoms with E-state index in [0.29, 0.717) is 18.0 Å². The van der Waals surface area contributed by atoms with Gasteiger partial charge in [-0.25, -0.2) is 0 Å². The summed E-state index contributed by atoms with van der Waals surface area (Å²) in [5.41, 5.74) is 7.21. The number of nitrogen functional groups attached to an aromatic ring is 1. The van der Waals surface area contributed by atoms with E-state index >= 15 is 0 Å². The van der Waals surface area contributed by atoms with Crippen LogP contribution in [0.25, 0.3) is 0 Å². The molecule has 0 bridgehead atoms. The van der Waals surface area contributed by atoms with E-state index < -0.39 is 6.10 Å². The van der Waals surface area contributed by atoms with Crippen LogP contribution in [0, 0.1) is 0 Å². The molecular formula is C13H17N3O2. The van der Waals surface area contributed by atoms with Gasteiger partial charge >= 0.3 is 0 Å². The van der Waals surface area contributed by atoms with Crippen LogP contribution in [0.1, 0.15) is 24.2 Å². The largest absolute Gasteiger partial charge is 0.494 e. The highest BCUT2D eigenvalue weighted by Gasteiger charge is 2.16. The Labute approximate surface area is 106 Å². The van der Waals surface area contributed by atoms with Crippen molar-refractivity contribution in [2.24, 2.45) is 7.05 Å². The molecule has 0 fully saturated rings. The second-order valence-electron chi connectivity index (χ2n) is 4.01. The third-order valence-electron chi connectivity index (χ3n) is 2.82. The first-order valence-corrected chi connectivity index (χ1v) is 5.81. The molecule has 2 aromatic rings. The molecule has 1 heterocycles. The van der Waals surface area contributed by atoms with Crippen LogP contribution in [0.2, 0.25) is 0 Å². The Morgan fingerprint density at radius 1 is 1.39 bits per heavy atom. The van der Waals surface area contributed by atoms with Gasteiger partial charge in [-0.15, -0.1) is 0 Å². The van der Waals surface area contributed by atoms with E-state index in [-0.39, 0.29) is 0 Å². The lowest BCUT2D eigenvalue weighted by Crippen LogP contribution is -2.04. The number of nitrogens with zero attached hydrogens (tertiary/aromatic N) is 2. The molecule has 0 saturated carbocycles. The number of ether oxygens (including phenoxy) is 1. The van der Waals surface area contributed by atoms with Crippen LogP contribution in [0.4, 0.5) is 5.82 Å². The predicted molar refractivity (Wildman–Crippen MR) is 69.3 cm³/mol. The maximum absolute atomic E-state index is 10.2.